The third kappa shape index (κ3) is 5.96. The molecule has 1 aromatic heterocycles. The number of anilines is 2. The molecule has 2 heterocycles. The molecule has 0 saturated carbocycles. The van der Waals surface area contributed by atoms with E-state index in [4.69, 9.17) is 9.47 Å². The molecule has 7 nitrogen and oxygen atoms in total. The number of nitrogens with zero attached hydrogens (tertiary/aromatic N) is 4. The molecule has 3 aromatic rings. The largest absolute Gasteiger partial charge is 0.493 e. The summed E-state index contributed by atoms with van der Waals surface area (Å²) in [6.07, 6.45) is 4.86. The van der Waals surface area contributed by atoms with E-state index < -0.39 is 0 Å². The minimum absolute atomic E-state index is 0. The SMILES string of the molecule is COc1cc2c(Nc3ccc(Br)c(F)c3)nnnc2cc1OCCCN1CCCCC1.Cl. The predicted octanol–water partition coefficient (Wildman–Crippen LogP) is 5.36. The van der Waals surface area contributed by atoms with Crippen LogP contribution in [0.25, 0.3) is 10.9 Å². The Morgan fingerprint density at radius 1 is 1.09 bits per heavy atom. The highest BCUT2D eigenvalue weighted by atomic mass is 79.9. The number of hydrogen-bond acceptors (Lipinski definition) is 7. The Labute approximate surface area is 201 Å². The summed E-state index contributed by atoms with van der Waals surface area (Å²) < 4.78 is 25.8. The molecule has 10 heteroatoms. The Morgan fingerprint density at radius 2 is 1.91 bits per heavy atom. The number of methoxy groups -OCH3 is 1. The Hall–Kier alpha value is -2.23. The van der Waals surface area contributed by atoms with Gasteiger partial charge in [0.1, 0.15) is 11.3 Å². The van der Waals surface area contributed by atoms with Gasteiger partial charge in [-0.05, 0) is 77.8 Å². The lowest BCUT2D eigenvalue weighted by Crippen LogP contribution is -2.31. The zero-order valence-electron chi connectivity index (χ0n) is 17.8. The van der Waals surface area contributed by atoms with Crippen molar-refractivity contribution in [3.05, 3.63) is 40.6 Å². The van der Waals surface area contributed by atoms with Gasteiger partial charge in [0.15, 0.2) is 17.3 Å². The number of hydrogen-bond donors (Lipinski definition) is 1. The van der Waals surface area contributed by atoms with Crippen LogP contribution in [0, 0.1) is 5.82 Å². The lowest BCUT2D eigenvalue weighted by Gasteiger charge is -2.26. The molecule has 2 aromatic carbocycles. The van der Waals surface area contributed by atoms with Crippen molar-refractivity contribution in [2.24, 2.45) is 0 Å². The minimum atomic E-state index is -0.367. The van der Waals surface area contributed by atoms with Crippen LogP contribution in [0.3, 0.4) is 0 Å². The smallest absolute Gasteiger partial charge is 0.164 e. The van der Waals surface area contributed by atoms with Gasteiger partial charge in [-0.3, -0.25) is 0 Å². The van der Waals surface area contributed by atoms with Crippen LogP contribution < -0.4 is 14.8 Å². The summed E-state index contributed by atoms with van der Waals surface area (Å²) in [5.74, 6) is 1.30. The van der Waals surface area contributed by atoms with Crippen LogP contribution in [0.2, 0.25) is 0 Å². The molecule has 0 amide bonds. The number of rotatable bonds is 8. The fourth-order valence-corrected chi connectivity index (χ4v) is 3.97. The Balaban J connectivity index is 0.00000289. The van der Waals surface area contributed by atoms with Gasteiger partial charge in [-0.25, -0.2) is 4.39 Å². The standard InChI is InChI=1S/C22H25BrFN5O2.ClH/c1-30-20-13-16-19(14-21(20)31-11-5-10-29-8-3-2-4-9-29)26-28-27-22(16)25-15-6-7-17(23)18(24)12-15;/h6-7,12-14H,2-5,8-11H2,1H3,(H,25,26,27);1H. The van der Waals surface area contributed by atoms with Gasteiger partial charge in [0.05, 0.1) is 23.6 Å². The van der Waals surface area contributed by atoms with E-state index in [-0.39, 0.29) is 18.2 Å². The molecular weight excluding hydrogens is 501 g/mol. The first-order valence-corrected chi connectivity index (χ1v) is 11.2. The van der Waals surface area contributed by atoms with E-state index in [1.807, 2.05) is 6.07 Å². The quantitative estimate of drug-likeness (QED) is 0.396. The van der Waals surface area contributed by atoms with Gasteiger partial charge in [0.25, 0.3) is 0 Å². The van der Waals surface area contributed by atoms with Crippen LogP contribution in [0.4, 0.5) is 15.9 Å². The summed E-state index contributed by atoms with van der Waals surface area (Å²) in [5.41, 5.74) is 1.17. The predicted molar refractivity (Wildman–Crippen MR) is 129 cm³/mol. The maximum atomic E-state index is 13.9. The third-order valence-corrected chi connectivity index (χ3v) is 5.98. The number of halogens is 3. The van der Waals surface area contributed by atoms with E-state index in [0.717, 1.165) is 13.0 Å². The number of likely N-dealkylation sites (tertiary alicyclic amines) is 1. The number of nitrogens with one attached hydrogen (secondary N) is 1. The second-order valence-corrected chi connectivity index (χ2v) is 8.37. The van der Waals surface area contributed by atoms with Gasteiger partial charge in [0, 0.05) is 18.3 Å². The highest BCUT2D eigenvalue weighted by Gasteiger charge is 2.14. The van der Waals surface area contributed by atoms with Gasteiger partial charge in [-0.2, -0.15) is 0 Å². The maximum Gasteiger partial charge on any atom is 0.164 e. The molecule has 0 bridgehead atoms. The van der Waals surface area contributed by atoms with Crippen LogP contribution >= 0.6 is 28.3 Å². The molecule has 0 aliphatic carbocycles. The summed E-state index contributed by atoms with van der Waals surface area (Å²) in [5, 5.41) is 15.8. The summed E-state index contributed by atoms with van der Waals surface area (Å²) in [6.45, 7) is 4.00. The van der Waals surface area contributed by atoms with Crippen LogP contribution in [0.15, 0.2) is 34.8 Å². The van der Waals surface area contributed by atoms with Crippen LogP contribution in [0.5, 0.6) is 11.5 Å². The Kier molecular flexibility index (Phi) is 8.84. The number of ether oxygens (including phenoxy) is 2. The minimum Gasteiger partial charge on any atom is -0.493 e. The molecule has 1 aliphatic heterocycles. The Bertz CT molecular complexity index is 1050. The average molecular weight is 527 g/mol. The van der Waals surface area contributed by atoms with Crippen molar-refractivity contribution in [2.75, 3.05) is 38.7 Å². The lowest BCUT2D eigenvalue weighted by molar-refractivity contribution is 0.203. The van der Waals surface area contributed by atoms with Gasteiger partial charge in [-0.1, -0.05) is 6.42 Å². The molecule has 1 fully saturated rings. The topological polar surface area (TPSA) is 72.4 Å². The average Bonchev–Trinajstić information content (AvgIpc) is 2.79. The molecule has 32 heavy (non-hydrogen) atoms. The van der Waals surface area contributed by atoms with Crippen molar-refractivity contribution < 1.29 is 13.9 Å². The van der Waals surface area contributed by atoms with Crippen molar-refractivity contribution in [2.45, 2.75) is 25.7 Å². The summed E-state index contributed by atoms with van der Waals surface area (Å²) in [7, 11) is 1.60. The third-order valence-electron chi connectivity index (χ3n) is 5.34. The lowest BCUT2D eigenvalue weighted by atomic mass is 10.1. The van der Waals surface area contributed by atoms with Crippen molar-refractivity contribution in [1.29, 1.82) is 0 Å². The number of piperidine rings is 1. The monoisotopic (exact) mass is 525 g/mol. The number of fused-ring (bicyclic) bond motifs is 1. The zero-order valence-corrected chi connectivity index (χ0v) is 20.2. The molecule has 172 valence electrons. The molecule has 1 saturated heterocycles. The fraction of sp³-hybridized carbons (Fsp3) is 0.409. The first kappa shape index (κ1) is 24.4. The van der Waals surface area contributed by atoms with Crippen LogP contribution in [-0.2, 0) is 0 Å². The van der Waals surface area contributed by atoms with E-state index in [1.54, 1.807) is 25.3 Å². The molecule has 1 N–H and O–H groups in total. The first-order chi connectivity index (χ1) is 15.1. The van der Waals surface area contributed by atoms with Crippen molar-refractivity contribution in [3.8, 4) is 11.5 Å². The first-order valence-electron chi connectivity index (χ1n) is 10.4. The van der Waals surface area contributed by atoms with Crippen molar-refractivity contribution in [1.82, 2.24) is 20.3 Å². The maximum absolute atomic E-state index is 13.9. The summed E-state index contributed by atoms with van der Waals surface area (Å²) >= 11 is 3.16. The Morgan fingerprint density at radius 3 is 2.66 bits per heavy atom. The molecule has 0 radical (unpaired) electrons. The van der Waals surface area contributed by atoms with E-state index in [9.17, 15) is 4.39 Å². The van der Waals surface area contributed by atoms with E-state index in [0.29, 0.717) is 45.0 Å². The molecule has 0 atom stereocenters. The zero-order chi connectivity index (χ0) is 21.6. The second-order valence-electron chi connectivity index (χ2n) is 7.52. The molecule has 4 rings (SSSR count). The number of aromatic nitrogens is 3. The fourth-order valence-electron chi connectivity index (χ4n) is 3.72. The van der Waals surface area contributed by atoms with Crippen molar-refractivity contribution >= 4 is 50.7 Å². The van der Waals surface area contributed by atoms with E-state index in [1.165, 1.54) is 38.4 Å². The van der Waals surface area contributed by atoms with E-state index in [2.05, 4.69) is 41.6 Å². The molecular formula is C22H26BrClFN5O2. The number of benzene rings is 2. The van der Waals surface area contributed by atoms with Gasteiger partial charge < -0.3 is 19.7 Å². The van der Waals surface area contributed by atoms with Gasteiger partial charge in [0.2, 0.25) is 0 Å². The summed E-state index contributed by atoms with van der Waals surface area (Å²) in [6, 6.07) is 8.38. The molecule has 0 unspecified atom stereocenters. The highest BCUT2D eigenvalue weighted by Crippen LogP contribution is 2.34. The second kappa shape index (κ2) is 11.6. The molecule has 1 aliphatic rings. The summed E-state index contributed by atoms with van der Waals surface area (Å²) in [4.78, 5) is 2.49. The highest BCUT2D eigenvalue weighted by molar-refractivity contribution is 9.10. The normalized spacial score (nSPS) is 14.1. The van der Waals surface area contributed by atoms with E-state index >= 15 is 0 Å². The van der Waals surface area contributed by atoms with Crippen LogP contribution in [-0.4, -0.2) is 53.7 Å². The van der Waals surface area contributed by atoms with Gasteiger partial charge >= 0.3 is 0 Å². The molecule has 0 spiro atoms. The van der Waals surface area contributed by atoms with Gasteiger partial charge in [-0.15, -0.1) is 22.6 Å². The van der Waals surface area contributed by atoms with Crippen LogP contribution in [0.1, 0.15) is 25.7 Å². The van der Waals surface area contributed by atoms with Crippen molar-refractivity contribution in [3.63, 3.8) is 0 Å².